The minimum Gasteiger partial charge on any atom is -0.459 e. The summed E-state index contributed by atoms with van der Waals surface area (Å²) in [4.78, 5) is 1.08. The van der Waals surface area contributed by atoms with Gasteiger partial charge in [0, 0.05) is 19.7 Å². The van der Waals surface area contributed by atoms with E-state index in [1.165, 1.54) is 21.5 Å². The van der Waals surface area contributed by atoms with Crippen LogP contribution in [0.3, 0.4) is 0 Å². The van der Waals surface area contributed by atoms with Gasteiger partial charge in [0.25, 0.3) is 0 Å². The molecule has 3 N–H and O–H groups in total. The molecule has 106 valence electrons. The number of benzene rings is 1. The fraction of sp³-hybridized carbons (Fsp3) is 0.0667. The van der Waals surface area contributed by atoms with E-state index >= 15 is 0 Å². The fourth-order valence-corrected chi connectivity index (χ4v) is 4.60. The van der Waals surface area contributed by atoms with Crippen molar-refractivity contribution in [2.75, 3.05) is 0 Å². The lowest BCUT2D eigenvalue weighted by Crippen LogP contribution is -2.27. The maximum Gasteiger partial charge on any atom is 0.134 e. The van der Waals surface area contributed by atoms with Crippen LogP contribution in [0.1, 0.15) is 16.7 Å². The normalized spacial score (nSPS) is 13.2. The van der Waals surface area contributed by atoms with Crippen molar-refractivity contribution >= 4 is 43.0 Å². The zero-order valence-electron chi connectivity index (χ0n) is 10.8. The molecule has 0 aliphatic heterocycles. The summed E-state index contributed by atoms with van der Waals surface area (Å²) in [6.45, 7) is 0. The number of hydrogen-bond acceptors (Lipinski definition) is 5. The van der Waals surface area contributed by atoms with E-state index in [0.29, 0.717) is 11.3 Å². The molecule has 0 aliphatic rings. The number of nitrogens with two attached hydrogens (primary N) is 1. The van der Waals surface area contributed by atoms with Crippen molar-refractivity contribution in [3.05, 3.63) is 58.2 Å². The Morgan fingerprint density at radius 1 is 1.14 bits per heavy atom. The largest absolute Gasteiger partial charge is 0.459 e. The highest BCUT2D eigenvalue weighted by molar-refractivity contribution is 7.27. The van der Waals surface area contributed by atoms with Crippen molar-refractivity contribution in [1.82, 2.24) is 5.43 Å². The van der Waals surface area contributed by atoms with Gasteiger partial charge in [-0.1, -0.05) is 0 Å². The van der Waals surface area contributed by atoms with Crippen LogP contribution in [-0.4, -0.2) is 0 Å². The highest BCUT2D eigenvalue weighted by Crippen LogP contribution is 2.37. The molecule has 6 heteroatoms. The van der Waals surface area contributed by atoms with Gasteiger partial charge in [-0.3, -0.25) is 5.84 Å². The van der Waals surface area contributed by atoms with Crippen LogP contribution < -0.4 is 11.3 Å². The standard InChI is InChI=1S/C15H11FN2OS2/c16-9-1-2-10-8(5-9)6-11(19-10)15(18-17)14-7-13-12(21-14)3-4-20-13/h1-7,15,18H,17H2. The highest BCUT2D eigenvalue weighted by atomic mass is 32.1. The van der Waals surface area contributed by atoms with Gasteiger partial charge in [0.1, 0.15) is 23.2 Å². The summed E-state index contributed by atoms with van der Waals surface area (Å²) in [5.74, 6) is 6.12. The number of furan rings is 1. The summed E-state index contributed by atoms with van der Waals surface area (Å²) in [6.07, 6.45) is 0. The summed E-state index contributed by atoms with van der Waals surface area (Å²) in [7, 11) is 0. The first kappa shape index (κ1) is 13.0. The monoisotopic (exact) mass is 318 g/mol. The molecule has 1 aromatic carbocycles. The summed E-state index contributed by atoms with van der Waals surface area (Å²) in [5.41, 5.74) is 3.45. The first-order valence-electron chi connectivity index (χ1n) is 6.36. The maximum absolute atomic E-state index is 13.3. The van der Waals surface area contributed by atoms with Crippen molar-refractivity contribution in [2.45, 2.75) is 6.04 Å². The first-order valence-corrected chi connectivity index (χ1v) is 8.06. The van der Waals surface area contributed by atoms with E-state index in [9.17, 15) is 4.39 Å². The van der Waals surface area contributed by atoms with E-state index in [4.69, 9.17) is 10.3 Å². The third-order valence-corrected chi connectivity index (χ3v) is 5.55. The van der Waals surface area contributed by atoms with Crippen LogP contribution in [0.25, 0.3) is 20.4 Å². The molecule has 0 aliphatic carbocycles. The molecule has 3 aromatic heterocycles. The molecular formula is C15H11FN2OS2. The topological polar surface area (TPSA) is 51.2 Å². The Morgan fingerprint density at radius 3 is 2.86 bits per heavy atom. The van der Waals surface area contributed by atoms with Gasteiger partial charge in [0.2, 0.25) is 0 Å². The molecule has 4 rings (SSSR count). The second-order valence-electron chi connectivity index (χ2n) is 4.73. The Morgan fingerprint density at radius 2 is 2.05 bits per heavy atom. The predicted molar refractivity (Wildman–Crippen MR) is 85.0 cm³/mol. The first-order chi connectivity index (χ1) is 10.2. The molecule has 0 radical (unpaired) electrons. The van der Waals surface area contributed by atoms with Crippen LogP contribution in [0.5, 0.6) is 0 Å². The molecule has 1 atom stereocenters. The summed E-state index contributed by atoms with van der Waals surface area (Å²) < 4.78 is 21.5. The maximum atomic E-state index is 13.3. The molecule has 0 saturated heterocycles. The number of rotatable bonds is 3. The summed E-state index contributed by atoms with van der Waals surface area (Å²) in [6, 6.07) is 10.3. The summed E-state index contributed by atoms with van der Waals surface area (Å²) in [5, 5.41) is 2.81. The van der Waals surface area contributed by atoms with Gasteiger partial charge < -0.3 is 4.42 Å². The third kappa shape index (κ3) is 2.16. The van der Waals surface area contributed by atoms with Crippen molar-refractivity contribution < 1.29 is 8.81 Å². The molecule has 3 heterocycles. The predicted octanol–water partition coefficient (Wildman–Crippen LogP) is 4.40. The minimum atomic E-state index is -0.274. The average Bonchev–Trinajstić information content (AvgIpc) is 3.12. The zero-order valence-corrected chi connectivity index (χ0v) is 12.4. The van der Waals surface area contributed by atoms with Crippen molar-refractivity contribution in [3.63, 3.8) is 0 Å². The molecule has 4 aromatic rings. The summed E-state index contributed by atoms with van der Waals surface area (Å²) >= 11 is 3.38. The molecule has 1 unspecified atom stereocenters. The van der Waals surface area contributed by atoms with Gasteiger partial charge in [-0.25, -0.2) is 9.82 Å². The second-order valence-corrected chi connectivity index (χ2v) is 6.79. The van der Waals surface area contributed by atoms with Gasteiger partial charge in [0.05, 0.1) is 0 Å². The van der Waals surface area contributed by atoms with Gasteiger partial charge in [-0.05, 0) is 41.8 Å². The lowest BCUT2D eigenvalue weighted by atomic mass is 10.1. The number of nitrogens with one attached hydrogen (secondary N) is 1. The minimum absolute atomic E-state index is 0.231. The average molecular weight is 318 g/mol. The SMILES string of the molecule is NNC(c1cc2cc(F)ccc2o1)c1cc2sccc2s1. The quantitative estimate of drug-likeness (QED) is 0.435. The van der Waals surface area contributed by atoms with Gasteiger partial charge in [-0.2, -0.15) is 0 Å². The second kappa shape index (κ2) is 4.92. The van der Waals surface area contributed by atoms with Crippen LogP contribution >= 0.6 is 22.7 Å². The van der Waals surface area contributed by atoms with Crippen LogP contribution in [0, 0.1) is 5.82 Å². The molecule has 0 spiro atoms. The van der Waals surface area contributed by atoms with Crippen LogP contribution in [0.15, 0.2) is 46.2 Å². The molecule has 0 amide bonds. The van der Waals surface area contributed by atoms with Gasteiger partial charge in [-0.15, -0.1) is 22.7 Å². The lowest BCUT2D eigenvalue weighted by molar-refractivity contribution is 0.481. The van der Waals surface area contributed by atoms with Gasteiger partial charge in [0.15, 0.2) is 0 Å². The Labute approximate surface area is 127 Å². The highest BCUT2D eigenvalue weighted by Gasteiger charge is 2.20. The van der Waals surface area contributed by atoms with E-state index in [0.717, 1.165) is 10.3 Å². The number of thiophene rings is 2. The van der Waals surface area contributed by atoms with E-state index < -0.39 is 0 Å². The van der Waals surface area contributed by atoms with Crippen molar-refractivity contribution in [1.29, 1.82) is 0 Å². The fourth-order valence-electron chi connectivity index (χ4n) is 2.41. The Balaban J connectivity index is 1.81. The molecule has 21 heavy (non-hydrogen) atoms. The molecule has 0 bridgehead atoms. The van der Waals surface area contributed by atoms with E-state index in [2.05, 4.69) is 22.9 Å². The molecule has 3 nitrogen and oxygen atoms in total. The Bertz CT molecular complexity index is 896. The van der Waals surface area contributed by atoms with Gasteiger partial charge >= 0.3 is 0 Å². The van der Waals surface area contributed by atoms with Crippen LogP contribution in [0.2, 0.25) is 0 Å². The van der Waals surface area contributed by atoms with E-state index in [1.54, 1.807) is 28.7 Å². The van der Waals surface area contributed by atoms with Crippen LogP contribution in [-0.2, 0) is 0 Å². The zero-order chi connectivity index (χ0) is 14.4. The molecule has 0 fully saturated rings. The van der Waals surface area contributed by atoms with Crippen molar-refractivity contribution in [3.8, 4) is 0 Å². The Hall–Kier alpha value is -1.73. The molecule has 0 saturated carbocycles. The van der Waals surface area contributed by atoms with E-state index in [-0.39, 0.29) is 11.9 Å². The smallest absolute Gasteiger partial charge is 0.134 e. The Kier molecular flexibility index (Phi) is 3.04. The number of fused-ring (bicyclic) bond motifs is 2. The number of hydrogen-bond donors (Lipinski definition) is 2. The van der Waals surface area contributed by atoms with Crippen molar-refractivity contribution in [2.24, 2.45) is 5.84 Å². The number of hydrazine groups is 1. The number of halogens is 1. The lowest BCUT2D eigenvalue weighted by Gasteiger charge is -2.10. The molecular weight excluding hydrogens is 307 g/mol. The third-order valence-electron chi connectivity index (χ3n) is 3.39. The van der Waals surface area contributed by atoms with E-state index in [1.807, 2.05) is 6.07 Å². The van der Waals surface area contributed by atoms with Crippen LogP contribution in [0.4, 0.5) is 4.39 Å².